The van der Waals surface area contributed by atoms with Crippen LogP contribution in [0.2, 0.25) is 0 Å². The second-order valence-corrected chi connectivity index (χ2v) is 6.74. The molecule has 3 heteroatoms. The Labute approximate surface area is 127 Å². The van der Waals surface area contributed by atoms with Gasteiger partial charge in [-0.25, -0.2) is 0 Å². The van der Waals surface area contributed by atoms with E-state index in [9.17, 15) is 9.90 Å². The molecular weight excluding hydrogens is 262 g/mol. The van der Waals surface area contributed by atoms with Gasteiger partial charge in [-0.05, 0) is 30.7 Å². The van der Waals surface area contributed by atoms with E-state index in [4.69, 9.17) is 0 Å². The van der Waals surface area contributed by atoms with Crippen LogP contribution in [0.3, 0.4) is 0 Å². The minimum Gasteiger partial charge on any atom is -0.393 e. The molecule has 1 amide bonds. The third-order valence-corrected chi connectivity index (χ3v) is 5.34. The van der Waals surface area contributed by atoms with Gasteiger partial charge in [-0.1, -0.05) is 50.1 Å². The Balaban J connectivity index is 1.86. The lowest BCUT2D eigenvalue weighted by molar-refractivity contribution is -0.141. The zero-order chi connectivity index (χ0) is 14.9. The number of carbonyl (C=O) groups excluding carboxylic acids is 1. The number of nitrogens with zero attached hydrogens (tertiary/aromatic N) is 1. The van der Waals surface area contributed by atoms with E-state index in [0.29, 0.717) is 19.5 Å². The summed E-state index contributed by atoms with van der Waals surface area (Å²) in [5, 5.41) is 9.89. The maximum Gasteiger partial charge on any atom is 0.233 e. The van der Waals surface area contributed by atoms with E-state index < -0.39 is 0 Å². The van der Waals surface area contributed by atoms with Crippen molar-refractivity contribution in [3.05, 3.63) is 35.9 Å². The molecule has 21 heavy (non-hydrogen) atoms. The lowest BCUT2D eigenvalue weighted by atomic mass is 9.77. The fraction of sp³-hybridized carbons (Fsp3) is 0.611. The molecule has 0 bridgehead atoms. The van der Waals surface area contributed by atoms with Crippen molar-refractivity contribution < 1.29 is 9.90 Å². The van der Waals surface area contributed by atoms with Crippen molar-refractivity contribution in [1.29, 1.82) is 0 Å². The monoisotopic (exact) mass is 287 g/mol. The molecule has 114 valence electrons. The van der Waals surface area contributed by atoms with E-state index in [0.717, 1.165) is 25.7 Å². The van der Waals surface area contributed by atoms with Crippen molar-refractivity contribution in [3.8, 4) is 0 Å². The molecule has 2 unspecified atom stereocenters. The molecule has 1 N–H and O–H groups in total. The minimum absolute atomic E-state index is 0.178. The van der Waals surface area contributed by atoms with Gasteiger partial charge in [0.25, 0.3) is 0 Å². The number of carbonyl (C=O) groups is 1. The van der Waals surface area contributed by atoms with Crippen molar-refractivity contribution in [3.63, 3.8) is 0 Å². The van der Waals surface area contributed by atoms with Crippen LogP contribution in [-0.2, 0) is 10.2 Å². The summed E-state index contributed by atoms with van der Waals surface area (Å²) < 4.78 is 0. The summed E-state index contributed by atoms with van der Waals surface area (Å²) in [4.78, 5) is 15.2. The molecule has 1 aromatic carbocycles. The fourth-order valence-corrected chi connectivity index (χ4v) is 3.98. The van der Waals surface area contributed by atoms with Crippen molar-refractivity contribution in [2.45, 2.75) is 50.5 Å². The zero-order valence-electron chi connectivity index (χ0n) is 12.8. The predicted molar refractivity (Wildman–Crippen MR) is 83.0 cm³/mol. The first-order valence-electron chi connectivity index (χ1n) is 8.16. The van der Waals surface area contributed by atoms with Gasteiger partial charge >= 0.3 is 0 Å². The Morgan fingerprint density at radius 1 is 1.24 bits per heavy atom. The third kappa shape index (κ3) is 2.59. The predicted octanol–water partition coefficient (Wildman–Crippen LogP) is 2.73. The van der Waals surface area contributed by atoms with Gasteiger partial charge in [0.1, 0.15) is 0 Å². The number of piperidine rings is 1. The van der Waals surface area contributed by atoms with Crippen molar-refractivity contribution in [2.24, 2.45) is 5.92 Å². The molecule has 2 fully saturated rings. The fourth-order valence-electron chi connectivity index (χ4n) is 3.98. The molecule has 1 aromatic rings. The van der Waals surface area contributed by atoms with Crippen molar-refractivity contribution in [1.82, 2.24) is 4.90 Å². The second kappa shape index (κ2) is 5.80. The Morgan fingerprint density at radius 2 is 1.90 bits per heavy atom. The lowest BCUT2D eigenvalue weighted by Gasteiger charge is -2.40. The molecule has 2 atom stereocenters. The van der Waals surface area contributed by atoms with Gasteiger partial charge in [0.2, 0.25) is 5.91 Å². The van der Waals surface area contributed by atoms with E-state index >= 15 is 0 Å². The first-order chi connectivity index (χ1) is 10.1. The molecule has 1 aliphatic carbocycles. The van der Waals surface area contributed by atoms with Crippen LogP contribution >= 0.6 is 0 Å². The maximum atomic E-state index is 13.2. The Hall–Kier alpha value is -1.35. The molecule has 3 rings (SSSR count). The highest BCUT2D eigenvalue weighted by Gasteiger charge is 2.45. The molecule has 1 saturated carbocycles. The van der Waals surface area contributed by atoms with Crippen LogP contribution in [-0.4, -0.2) is 35.1 Å². The number of aliphatic hydroxyl groups is 1. The number of hydrogen-bond donors (Lipinski definition) is 1. The SMILES string of the molecule is CC1CN(C(=O)C2(c3ccccc3)CCCC2)CCC1O. The molecular formula is C18H25NO2. The Morgan fingerprint density at radius 3 is 2.52 bits per heavy atom. The highest BCUT2D eigenvalue weighted by molar-refractivity contribution is 5.88. The van der Waals surface area contributed by atoms with Crippen LogP contribution in [0, 0.1) is 5.92 Å². The van der Waals surface area contributed by atoms with Gasteiger partial charge in [0, 0.05) is 13.1 Å². The molecule has 0 spiro atoms. The van der Waals surface area contributed by atoms with Crippen LogP contribution in [0.15, 0.2) is 30.3 Å². The van der Waals surface area contributed by atoms with Gasteiger partial charge in [-0.3, -0.25) is 4.79 Å². The number of aliphatic hydroxyl groups excluding tert-OH is 1. The number of hydrogen-bond acceptors (Lipinski definition) is 2. The number of amides is 1. The van der Waals surface area contributed by atoms with Crippen molar-refractivity contribution in [2.75, 3.05) is 13.1 Å². The standard InChI is InChI=1S/C18H25NO2/c1-14-13-19(12-9-16(14)20)17(21)18(10-5-6-11-18)15-7-3-2-4-8-15/h2-4,7-8,14,16,20H,5-6,9-13H2,1H3. The van der Waals surface area contributed by atoms with E-state index in [1.807, 2.05) is 30.0 Å². The van der Waals surface area contributed by atoms with Gasteiger partial charge in [0.05, 0.1) is 11.5 Å². The highest BCUT2D eigenvalue weighted by atomic mass is 16.3. The average molecular weight is 287 g/mol. The summed E-state index contributed by atoms with van der Waals surface area (Å²) in [7, 11) is 0. The van der Waals surface area contributed by atoms with E-state index in [1.165, 1.54) is 5.56 Å². The van der Waals surface area contributed by atoms with Gasteiger partial charge in [0.15, 0.2) is 0 Å². The van der Waals surface area contributed by atoms with Gasteiger partial charge < -0.3 is 10.0 Å². The first-order valence-corrected chi connectivity index (χ1v) is 8.16. The van der Waals surface area contributed by atoms with Crippen LogP contribution in [0.4, 0.5) is 0 Å². The van der Waals surface area contributed by atoms with Crippen LogP contribution in [0.1, 0.15) is 44.6 Å². The molecule has 3 nitrogen and oxygen atoms in total. The number of rotatable bonds is 2. The van der Waals surface area contributed by atoms with E-state index in [1.54, 1.807) is 0 Å². The van der Waals surface area contributed by atoms with Crippen LogP contribution < -0.4 is 0 Å². The van der Waals surface area contributed by atoms with Crippen LogP contribution in [0.25, 0.3) is 0 Å². The summed E-state index contributed by atoms with van der Waals surface area (Å²) in [5.74, 6) is 0.460. The first kappa shape index (κ1) is 14.6. The molecule has 0 aromatic heterocycles. The summed E-state index contributed by atoms with van der Waals surface area (Å²) in [6.07, 6.45) is 4.63. The quantitative estimate of drug-likeness (QED) is 0.908. The smallest absolute Gasteiger partial charge is 0.233 e. The van der Waals surface area contributed by atoms with E-state index in [-0.39, 0.29) is 23.3 Å². The van der Waals surface area contributed by atoms with Crippen molar-refractivity contribution >= 4 is 5.91 Å². The minimum atomic E-state index is -0.316. The largest absolute Gasteiger partial charge is 0.393 e. The number of benzene rings is 1. The lowest BCUT2D eigenvalue weighted by Crippen LogP contribution is -2.51. The summed E-state index contributed by atoms with van der Waals surface area (Å²) in [6, 6.07) is 10.3. The topological polar surface area (TPSA) is 40.5 Å². The summed E-state index contributed by atoms with van der Waals surface area (Å²) >= 11 is 0. The molecule has 1 saturated heterocycles. The summed E-state index contributed by atoms with van der Waals surface area (Å²) in [5.41, 5.74) is 0.856. The van der Waals surface area contributed by atoms with E-state index in [2.05, 4.69) is 12.1 Å². The highest BCUT2D eigenvalue weighted by Crippen LogP contribution is 2.43. The summed E-state index contributed by atoms with van der Waals surface area (Å²) in [6.45, 7) is 3.42. The maximum absolute atomic E-state index is 13.2. The van der Waals surface area contributed by atoms with Gasteiger partial charge in [-0.2, -0.15) is 0 Å². The molecule has 1 heterocycles. The normalized spacial score (nSPS) is 28.6. The molecule has 2 aliphatic rings. The third-order valence-electron chi connectivity index (χ3n) is 5.34. The van der Waals surface area contributed by atoms with Crippen LogP contribution in [0.5, 0.6) is 0 Å². The second-order valence-electron chi connectivity index (χ2n) is 6.74. The number of likely N-dealkylation sites (tertiary alicyclic amines) is 1. The molecule has 0 radical (unpaired) electrons. The molecule has 1 aliphatic heterocycles. The zero-order valence-corrected chi connectivity index (χ0v) is 12.8. The average Bonchev–Trinajstić information content (AvgIpc) is 3.01. The van der Waals surface area contributed by atoms with Gasteiger partial charge in [-0.15, -0.1) is 0 Å². The Kier molecular flexibility index (Phi) is 4.03. The Bertz CT molecular complexity index is 493.